The van der Waals surface area contributed by atoms with Crippen molar-refractivity contribution in [2.24, 2.45) is 0 Å². The highest BCUT2D eigenvalue weighted by atomic mass is 16.6. The predicted molar refractivity (Wildman–Crippen MR) is 131 cm³/mol. The zero-order chi connectivity index (χ0) is 27.5. The van der Waals surface area contributed by atoms with Crippen molar-refractivity contribution in [3.05, 3.63) is 86.0 Å². The number of rotatable bonds is 10. The molecule has 37 heavy (non-hydrogen) atoms. The fraction of sp³-hybridized carbons (Fsp3) is 0.0741. The Morgan fingerprint density at radius 3 is 1.68 bits per heavy atom. The van der Waals surface area contributed by atoms with Crippen molar-refractivity contribution in [3.63, 3.8) is 0 Å². The Morgan fingerprint density at radius 1 is 0.595 bits per heavy atom. The van der Waals surface area contributed by atoms with E-state index in [2.05, 4.69) is 19.7 Å². The average Bonchev–Trinajstić information content (AvgIpc) is 2.84. The van der Waals surface area contributed by atoms with Crippen LogP contribution in [0, 0.1) is 0 Å². The van der Waals surface area contributed by atoms with Gasteiger partial charge in [-0.2, -0.15) is 0 Å². The lowest BCUT2D eigenvalue weighted by molar-refractivity contribution is -0.132. The summed E-state index contributed by atoms with van der Waals surface area (Å²) >= 11 is 0. The molecule has 0 heterocycles. The lowest BCUT2D eigenvalue weighted by Crippen LogP contribution is -2.10. The minimum Gasteiger partial charge on any atom is -0.427 e. The molecule has 0 bridgehead atoms. The number of hydrogen-bond donors (Lipinski definition) is 0. The molecule has 0 radical (unpaired) electrons. The van der Waals surface area contributed by atoms with Gasteiger partial charge in [0.05, 0.1) is 0 Å². The molecular formula is C27H22O10. The Kier molecular flexibility index (Phi) is 9.84. The summed E-state index contributed by atoms with van der Waals surface area (Å²) in [4.78, 5) is 58.8. The quantitative estimate of drug-likeness (QED) is 0.266. The molecule has 0 saturated heterocycles. The molecule has 2 aromatic rings. The number of hydrogen-bond acceptors (Lipinski definition) is 10. The molecule has 0 N–H and O–H groups in total. The van der Waals surface area contributed by atoms with E-state index < -0.39 is 29.8 Å². The summed E-state index contributed by atoms with van der Waals surface area (Å²) in [6.07, 6.45) is 3.90. The van der Waals surface area contributed by atoms with Crippen molar-refractivity contribution in [3.8, 4) is 28.7 Å². The van der Waals surface area contributed by atoms with Crippen LogP contribution in [-0.4, -0.2) is 29.8 Å². The van der Waals surface area contributed by atoms with Crippen LogP contribution in [0.15, 0.2) is 80.4 Å². The van der Waals surface area contributed by atoms with Gasteiger partial charge in [0.2, 0.25) is 0 Å². The van der Waals surface area contributed by atoms with E-state index in [0.29, 0.717) is 11.1 Å². The van der Waals surface area contributed by atoms with Crippen molar-refractivity contribution < 1.29 is 47.7 Å². The van der Waals surface area contributed by atoms with Crippen LogP contribution < -0.4 is 23.7 Å². The van der Waals surface area contributed by atoms with Gasteiger partial charge in [0.15, 0.2) is 11.5 Å². The summed E-state index contributed by atoms with van der Waals surface area (Å²) in [5.74, 6) is -4.06. The number of ether oxygens (including phenoxy) is 5. The maximum Gasteiger partial charge on any atom is 0.336 e. The third-order valence-electron chi connectivity index (χ3n) is 4.20. The normalized spacial score (nSPS) is 10.4. The predicted octanol–water partition coefficient (Wildman–Crippen LogP) is 3.90. The second-order valence-electron chi connectivity index (χ2n) is 7.02. The van der Waals surface area contributed by atoms with E-state index in [0.717, 1.165) is 24.3 Å². The van der Waals surface area contributed by atoms with E-state index in [1.54, 1.807) is 6.92 Å². The molecule has 0 aromatic heterocycles. The van der Waals surface area contributed by atoms with Crippen LogP contribution in [0.2, 0.25) is 0 Å². The zero-order valence-electron chi connectivity index (χ0n) is 20.0. The topological polar surface area (TPSA) is 132 Å². The fourth-order valence-corrected chi connectivity index (χ4v) is 2.66. The lowest BCUT2D eigenvalue weighted by Gasteiger charge is -2.11. The van der Waals surface area contributed by atoms with Gasteiger partial charge in [0.1, 0.15) is 17.2 Å². The summed E-state index contributed by atoms with van der Waals surface area (Å²) in [7, 11) is 0. The molecule has 10 heteroatoms. The smallest absolute Gasteiger partial charge is 0.336 e. The fourth-order valence-electron chi connectivity index (χ4n) is 2.66. The molecule has 0 aliphatic rings. The van der Waals surface area contributed by atoms with Gasteiger partial charge in [0, 0.05) is 43.4 Å². The maximum absolute atomic E-state index is 12.6. The van der Waals surface area contributed by atoms with E-state index in [4.69, 9.17) is 23.7 Å². The van der Waals surface area contributed by atoms with Gasteiger partial charge in [0.25, 0.3) is 0 Å². The number of benzene rings is 2. The first-order chi connectivity index (χ1) is 17.5. The molecule has 2 aromatic carbocycles. The molecule has 190 valence electrons. The zero-order valence-corrected chi connectivity index (χ0v) is 20.0. The van der Waals surface area contributed by atoms with Crippen molar-refractivity contribution in [1.29, 1.82) is 0 Å². The summed E-state index contributed by atoms with van der Waals surface area (Å²) in [5.41, 5.74) is 0.712. The average molecular weight is 506 g/mol. The Hall–Kier alpha value is -5.25. The molecule has 0 spiro atoms. The van der Waals surface area contributed by atoms with Crippen LogP contribution in [0.25, 0.3) is 5.57 Å². The molecule has 0 atom stereocenters. The van der Waals surface area contributed by atoms with E-state index >= 15 is 0 Å². The lowest BCUT2D eigenvalue weighted by atomic mass is 10.1. The number of carbonyl (C=O) groups excluding carboxylic acids is 5. The summed E-state index contributed by atoms with van der Waals surface area (Å²) < 4.78 is 25.5. The Balaban J connectivity index is 2.36. The minimum absolute atomic E-state index is 0.00664. The largest absolute Gasteiger partial charge is 0.427 e. The van der Waals surface area contributed by atoms with Gasteiger partial charge in [-0.25, -0.2) is 19.2 Å². The highest BCUT2D eigenvalue weighted by molar-refractivity contribution is 5.93. The standard InChI is InChI=1S/C27H22O10/c1-6-24(29)34-19-9-10-22(23(15-19)37-26(31)8-3)36-27(32)11-16(4)18-12-20(33-17(5)28)14-21(13-18)35-25(30)7-2/h6-15H,1-3H2,4-5H3/b16-11+. The van der Waals surface area contributed by atoms with Crippen LogP contribution in [0.5, 0.6) is 28.7 Å². The molecule has 0 amide bonds. The molecule has 0 saturated carbocycles. The van der Waals surface area contributed by atoms with E-state index in [1.807, 2.05) is 0 Å². The van der Waals surface area contributed by atoms with Gasteiger partial charge in [-0.15, -0.1) is 0 Å². The molecule has 10 nitrogen and oxygen atoms in total. The molecular weight excluding hydrogens is 484 g/mol. The first-order valence-electron chi connectivity index (χ1n) is 10.5. The van der Waals surface area contributed by atoms with Crippen LogP contribution in [0.4, 0.5) is 0 Å². The van der Waals surface area contributed by atoms with Crippen LogP contribution in [-0.2, 0) is 24.0 Å². The van der Waals surface area contributed by atoms with Crippen molar-refractivity contribution >= 4 is 35.4 Å². The molecule has 0 aliphatic heterocycles. The number of esters is 5. The highest BCUT2D eigenvalue weighted by Gasteiger charge is 2.16. The van der Waals surface area contributed by atoms with Crippen molar-refractivity contribution in [1.82, 2.24) is 0 Å². The first-order valence-corrected chi connectivity index (χ1v) is 10.5. The Bertz CT molecular complexity index is 1320. The Morgan fingerprint density at radius 2 is 1.11 bits per heavy atom. The van der Waals surface area contributed by atoms with Gasteiger partial charge in [-0.05, 0) is 42.3 Å². The van der Waals surface area contributed by atoms with Gasteiger partial charge in [-0.3, -0.25) is 4.79 Å². The molecule has 0 unspecified atom stereocenters. The summed E-state index contributed by atoms with van der Waals surface area (Å²) in [6, 6.07) is 7.95. The van der Waals surface area contributed by atoms with Crippen molar-refractivity contribution in [2.45, 2.75) is 13.8 Å². The van der Waals surface area contributed by atoms with Crippen LogP contribution >= 0.6 is 0 Å². The van der Waals surface area contributed by atoms with Crippen LogP contribution in [0.1, 0.15) is 19.4 Å². The SMILES string of the molecule is C=CC(=O)Oc1cc(OC(C)=O)cc(/C(C)=C/C(=O)Oc2ccc(OC(=O)C=C)cc2OC(=O)C=C)c1. The second-order valence-corrected chi connectivity index (χ2v) is 7.02. The molecule has 0 fully saturated rings. The third-order valence-corrected chi connectivity index (χ3v) is 4.20. The van der Waals surface area contributed by atoms with E-state index in [-0.39, 0.29) is 28.7 Å². The van der Waals surface area contributed by atoms with Crippen LogP contribution in [0.3, 0.4) is 0 Å². The van der Waals surface area contributed by atoms with Gasteiger partial charge >= 0.3 is 29.8 Å². The molecule has 2 rings (SSSR count). The second kappa shape index (κ2) is 13.0. The Labute approximate surface area is 212 Å². The van der Waals surface area contributed by atoms with Crippen molar-refractivity contribution in [2.75, 3.05) is 0 Å². The summed E-state index contributed by atoms with van der Waals surface area (Å²) in [5, 5.41) is 0. The third kappa shape index (κ3) is 8.80. The number of allylic oxidation sites excluding steroid dienone is 1. The maximum atomic E-state index is 12.6. The van der Waals surface area contributed by atoms with E-state index in [9.17, 15) is 24.0 Å². The minimum atomic E-state index is -0.869. The highest BCUT2D eigenvalue weighted by Crippen LogP contribution is 2.33. The number of carbonyl (C=O) groups is 5. The van der Waals surface area contributed by atoms with Gasteiger partial charge < -0.3 is 23.7 Å². The van der Waals surface area contributed by atoms with Gasteiger partial charge in [-0.1, -0.05) is 19.7 Å². The van der Waals surface area contributed by atoms with E-state index in [1.165, 1.54) is 43.3 Å². The molecule has 0 aliphatic carbocycles. The monoisotopic (exact) mass is 506 g/mol. The first kappa shape index (κ1) is 28.0. The summed E-state index contributed by atoms with van der Waals surface area (Å²) in [6.45, 7) is 12.7.